The van der Waals surface area contributed by atoms with Gasteiger partial charge in [0.2, 0.25) is 0 Å². The van der Waals surface area contributed by atoms with Gasteiger partial charge in [0.1, 0.15) is 11.5 Å². The second-order valence-electron chi connectivity index (χ2n) is 23.0. The van der Waals surface area contributed by atoms with Crippen molar-refractivity contribution in [2.45, 2.75) is 45.4 Å². The van der Waals surface area contributed by atoms with Crippen LogP contribution in [-0.4, -0.2) is 25.0 Å². The minimum absolute atomic E-state index is 0.0367. The molecule has 79 heavy (non-hydrogen) atoms. The number of fused-ring (bicyclic) bond motifs is 16. The molecule has 7 heterocycles. The number of benzene rings is 11. The van der Waals surface area contributed by atoms with E-state index >= 15 is 0 Å². The Morgan fingerprint density at radius 2 is 0.709 bits per heavy atom. The van der Waals surface area contributed by atoms with Crippen LogP contribution >= 0.6 is 0 Å². The first-order valence-electron chi connectivity index (χ1n) is 28.1. The lowest BCUT2D eigenvalue weighted by atomic mass is 9.33. The van der Waals surface area contributed by atoms with E-state index in [1.54, 1.807) is 0 Å². The molecule has 15 aromatic rings. The van der Waals surface area contributed by atoms with Gasteiger partial charge in [0.25, 0.3) is 6.71 Å². The Hall–Kier alpha value is -9.52. The number of nitrogens with zero attached hydrogens (tertiary/aromatic N) is 4. The molecule has 6 heteroatoms. The largest absolute Gasteiger partial charge is 0.458 e. The van der Waals surface area contributed by atoms with Gasteiger partial charge < -0.3 is 23.0 Å². The van der Waals surface area contributed by atoms with E-state index in [-0.39, 0.29) is 18.5 Å². The summed E-state index contributed by atoms with van der Waals surface area (Å²) in [6.45, 7) is 9.57. The van der Waals surface area contributed by atoms with E-state index in [2.05, 4.69) is 264 Å². The summed E-state index contributed by atoms with van der Waals surface area (Å²) < 4.78 is 17.2. The van der Waals surface area contributed by atoms with Gasteiger partial charge in [-0.25, -0.2) is 0 Å². The third kappa shape index (κ3) is 5.70. The minimum atomic E-state index is -0.108. The Kier molecular flexibility index (Phi) is 8.59. The Balaban J connectivity index is 0.916. The SMILES string of the molecule is CC(C)c1cc2c3c(c1)C(C)c1cccc4c5cc(-n6c7ccccc7c7ccccc76)ccc5n(c14)-c1ccc4c(c1)B3c1cc(ccc1O4)-n1c3ccc(-n4c5ccccc5c5ccccc54)cc3c3cccc(c31)C2C. The maximum atomic E-state index is 7.18. The van der Waals surface area contributed by atoms with Gasteiger partial charge in [0, 0.05) is 77.7 Å². The zero-order chi connectivity index (χ0) is 52.1. The highest BCUT2D eigenvalue weighted by Crippen LogP contribution is 2.46. The molecule has 3 aliphatic rings. The summed E-state index contributed by atoms with van der Waals surface area (Å²) in [6, 6.07) is 82.9. The Morgan fingerprint density at radius 1 is 0.342 bits per heavy atom. The van der Waals surface area contributed by atoms with Crippen molar-refractivity contribution in [1.82, 2.24) is 18.3 Å². The normalized spacial score (nSPS) is 15.3. The summed E-state index contributed by atoms with van der Waals surface area (Å²) in [4.78, 5) is 0. The van der Waals surface area contributed by atoms with E-state index in [0.29, 0.717) is 5.92 Å². The van der Waals surface area contributed by atoms with E-state index in [0.717, 1.165) is 34.2 Å². The lowest BCUT2D eigenvalue weighted by Crippen LogP contribution is -2.58. The highest BCUT2D eigenvalue weighted by Gasteiger charge is 2.41. The van der Waals surface area contributed by atoms with Crippen molar-refractivity contribution < 1.29 is 4.74 Å². The highest BCUT2D eigenvalue weighted by molar-refractivity contribution is 6.97. The summed E-state index contributed by atoms with van der Waals surface area (Å²) in [5, 5.41) is 10.1. The Bertz CT molecular complexity index is 4790. The summed E-state index contributed by atoms with van der Waals surface area (Å²) in [7, 11) is 0. The molecule has 0 N–H and O–H groups in total. The van der Waals surface area contributed by atoms with E-state index in [1.165, 1.54) is 131 Å². The van der Waals surface area contributed by atoms with Crippen molar-refractivity contribution in [3.8, 4) is 34.2 Å². The fourth-order valence-electron chi connectivity index (χ4n) is 15.1. The molecule has 372 valence electrons. The number of para-hydroxylation sites is 6. The molecule has 5 nitrogen and oxygen atoms in total. The summed E-state index contributed by atoms with van der Waals surface area (Å²) >= 11 is 0. The molecular weight excluding hydrogens is 960 g/mol. The number of hydrogen-bond donors (Lipinski definition) is 0. The molecule has 0 saturated carbocycles. The van der Waals surface area contributed by atoms with Crippen LogP contribution in [0.15, 0.2) is 218 Å². The molecule has 0 aliphatic carbocycles. The van der Waals surface area contributed by atoms with Gasteiger partial charge in [0.05, 0.1) is 44.1 Å². The highest BCUT2D eigenvalue weighted by atomic mass is 16.5. The van der Waals surface area contributed by atoms with Gasteiger partial charge in [-0.15, -0.1) is 0 Å². The summed E-state index contributed by atoms with van der Waals surface area (Å²) in [6.07, 6.45) is 0. The number of aromatic nitrogens is 4. The first-order valence-corrected chi connectivity index (χ1v) is 28.1. The van der Waals surface area contributed by atoms with Crippen LogP contribution in [0.2, 0.25) is 0 Å². The topological polar surface area (TPSA) is 28.9 Å². The summed E-state index contributed by atoms with van der Waals surface area (Å²) in [5.74, 6) is 2.21. The summed E-state index contributed by atoms with van der Waals surface area (Å²) in [5.41, 5.74) is 24.9. The van der Waals surface area contributed by atoms with Crippen LogP contribution < -0.4 is 21.1 Å². The molecule has 18 rings (SSSR count). The zero-order valence-electron chi connectivity index (χ0n) is 44.3. The smallest absolute Gasteiger partial charge is 0.251 e. The predicted molar refractivity (Wildman–Crippen MR) is 331 cm³/mol. The van der Waals surface area contributed by atoms with Crippen LogP contribution in [0.5, 0.6) is 11.5 Å². The first kappa shape index (κ1) is 43.6. The fourth-order valence-corrected chi connectivity index (χ4v) is 15.1. The molecule has 0 fully saturated rings. The molecule has 4 bridgehead atoms. The molecule has 0 radical (unpaired) electrons. The van der Waals surface area contributed by atoms with Crippen LogP contribution in [0.3, 0.4) is 0 Å². The lowest BCUT2D eigenvalue weighted by Gasteiger charge is -2.35. The van der Waals surface area contributed by atoms with Gasteiger partial charge in [-0.3, -0.25) is 0 Å². The maximum Gasteiger partial charge on any atom is 0.251 e. The average Bonchev–Trinajstić information content (AvgIpc) is 4.34. The fraction of sp³-hybridized carbons (Fsp3) is 0.0959. The third-order valence-corrected chi connectivity index (χ3v) is 18.7. The molecular formula is C73H51BN4O. The third-order valence-electron chi connectivity index (χ3n) is 18.7. The lowest BCUT2D eigenvalue weighted by molar-refractivity contribution is 0.487. The van der Waals surface area contributed by atoms with Gasteiger partial charge in [-0.2, -0.15) is 0 Å². The maximum absolute atomic E-state index is 7.18. The molecule has 4 aromatic heterocycles. The van der Waals surface area contributed by atoms with E-state index < -0.39 is 0 Å². The Labute approximate surface area is 456 Å². The molecule has 3 aliphatic heterocycles. The van der Waals surface area contributed by atoms with Crippen molar-refractivity contribution >= 4 is 110 Å². The second-order valence-corrected chi connectivity index (χ2v) is 23.0. The van der Waals surface area contributed by atoms with Crippen LogP contribution in [0.1, 0.15) is 73.3 Å². The monoisotopic (exact) mass is 1010 g/mol. The van der Waals surface area contributed by atoms with Crippen molar-refractivity contribution in [3.05, 3.63) is 246 Å². The molecule has 0 amide bonds. The van der Waals surface area contributed by atoms with Gasteiger partial charge in [0.15, 0.2) is 0 Å². The number of rotatable bonds is 3. The first-order chi connectivity index (χ1) is 38.9. The average molecular weight is 1010 g/mol. The predicted octanol–water partition coefficient (Wildman–Crippen LogP) is 16.8. The van der Waals surface area contributed by atoms with Crippen LogP contribution in [0.4, 0.5) is 0 Å². The van der Waals surface area contributed by atoms with Crippen molar-refractivity contribution in [1.29, 1.82) is 0 Å². The number of hydrogen-bond acceptors (Lipinski definition) is 1. The van der Waals surface area contributed by atoms with Crippen LogP contribution in [0.25, 0.3) is 110 Å². The minimum Gasteiger partial charge on any atom is -0.458 e. The van der Waals surface area contributed by atoms with Crippen LogP contribution in [0, 0.1) is 0 Å². The van der Waals surface area contributed by atoms with Crippen LogP contribution in [-0.2, 0) is 0 Å². The van der Waals surface area contributed by atoms with Crippen molar-refractivity contribution in [3.63, 3.8) is 0 Å². The van der Waals surface area contributed by atoms with Crippen molar-refractivity contribution in [2.24, 2.45) is 0 Å². The molecule has 11 aromatic carbocycles. The quantitative estimate of drug-likeness (QED) is 0.162. The Morgan fingerprint density at radius 3 is 1.13 bits per heavy atom. The molecule has 0 saturated heterocycles. The molecule has 2 atom stereocenters. The van der Waals surface area contributed by atoms with Crippen molar-refractivity contribution in [2.75, 3.05) is 0 Å². The van der Waals surface area contributed by atoms with E-state index in [9.17, 15) is 0 Å². The molecule has 2 unspecified atom stereocenters. The second kappa shape index (κ2) is 15.6. The number of ether oxygens (including phenoxy) is 1. The van der Waals surface area contributed by atoms with E-state index in [4.69, 9.17) is 4.74 Å². The van der Waals surface area contributed by atoms with E-state index in [1.807, 2.05) is 0 Å². The zero-order valence-corrected chi connectivity index (χ0v) is 44.3. The molecule has 0 spiro atoms. The van der Waals surface area contributed by atoms with Gasteiger partial charge >= 0.3 is 0 Å². The standard InChI is InChI=1S/C73H51BN4O/c1-41(2)44-35-57-42(3)49-19-13-21-55-59-37-45(75-63-23-9-5-15-51(63)52-16-6-10-24-64(52)75)27-31-67(59)77(72(49)55)47-29-33-69-61(39-47)74-62-40-48(30-34-70(62)79-69)78-68-32-28-46(76-65-25-11-7-17-53(65)54-18-8-12-26-66(54)76)38-60(68)56-22-14-20-50(73(56)78)43(4)58(36-44)71(57)74/h5-43H,1-4H3. The van der Waals surface area contributed by atoms with Gasteiger partial charge in [-0.1, -0.05) is 154 Å². The van der Waals surface area contributed by atoms with Gasteiger partial charge in [-0.05, 0) is 142 Å².